The summed E-state index contributed by atoms with van der Waals surface area (Å²) in [6.07, 6.45) is 0.366. The third-order valence-electron chi connectivity index (χ3n) is 5.05. The zero-order valence-corrected chi connectivity index (χ0v) is 19.6. The first-order valence-electron chi connectivity index (χ1n) is 10.7. The van der Waals surface area contributed by atoms with E-state index in [0.29, 0.717) is 31.2 Å². The Bertz CT molecular complexity index is 876. The van der Waals surface area contributed by atoms with Crippen molar-refractivity contribution in [1.29, 1.82) is 0 Å². The summed E-state index contributed by atoms with van der Waals surface area (Å²) >= 11 is 6.25. The highest BCUT2D eigenvalue weighted by Crippen LogP contribution is 2.26. The van der Waals surface area contributed by atoms with E-state index in [1.54, 1.807) is 0 Å². The molecule has 0 aliphatic carbocycles. The van der Waals surface area contributed by atoms with Gasteiger partial charge in [0.05, 0.1) is 19.1 Å². The lowest BCUT2D eigenvalue weighted by Gasteiger charge is -2.33. The number of halogens is 1. The number of benzene rings is 2. The van der Waals surface area contributed by atoms with Gasteiger partial charge in [-0.25, -0.2) is 0 Å². The van der Waals surface area contributed by atoms with E-state index in [-0.39, 0.29) is 12.1 Å². The second kappa shape index (κ2) is 10.5. The van der Waals surface area contributed by atoms with Crippen molar-refractivity contribution in [2.45, 2.75) is 52.4 Å². The van der Waals surface area contributed by atoms with Crippen molar-refractivity contribution in [1.82, 2.24) is 4.90 Å². The molecular formula is C25H32ClNO4. The summed E-state index contributed by atoms with van der Waals surface area (Å²) in [5.41, 5.74) is 2.79. The zero-order chi connectivity index (χ0) is 22.4. The minimum atomic E-state index is -0.445. The number of esters is 1. The molecule has 168 valence electrons. The van der Waals surface area contributed by atoms with Gasteiger partial charge in [0.1, 0.15) is 18.0 Å². The van der Waals surface area contributed by atoms with Gasteiger partial charge in [-0.1, -0.05) is 41.4 Å². The SMILES string of the molecule is Cc1ccc(Cl)c(COc2ccc(C3CN(CCC(=O)OC(C)(C)C)CCO3)cc2)c1. The van der Waals surface area contributed by atoms with E-state index in [9.17, 15) is 4.79 Å². The largest absolute Gasteiger partial charge is 0.489 e. The molecule has 0 aromatic heterocycles. The molecule has 0 amide bonds. The van der Waals surface area contributed by atoms with Crippen LogP contribution in [0.5, 0.6) is 5.75 Å². The van der Waals surface area contributed by atoms with Crippen LogP contribution < -0.4 is 4.74 Å². The third kappa shape index (κ3) is 7.53. The van der Waals surface area contributed by atoms with Crippen LogP contribution in [0.4, 0.5) is 0 Å². The monoisotopic (exact) mass is 445 g/mol. The fourth-order valence-electron chi connectivity index (χ4n) is 3.50. The van der Waals surface area contributed by atoms with Gasteiger partial charge in [-0.3, -0.25) is 9.69 Å². The van der Waals surface area contributed by atoms with E-state index in [1.165, 1.54) is 0 Å². The van der Waals surface area contributed by atoms with Gasteiger partial charge in [0, 0.05) is 30.2 Å². The van der Waals surface area contributed by atoms with Crippen LogP contribution in [0, 0.1) is 6.92 Å². The van der Waals surface area contributed by atoms with Crippen molar-refractivity contribution in [3.05, 3.63) is 64.2 Å². The Labute approximate surface area is 190 Å². The first kappa shape index (κ1) is 23.6. The van der Waals surface area contributed by atoms with Crippen molar-refractivity contribution >= 4 is 17.6 Å². The number of rotatable bonds is 7. The number of hydrogen-bond acceptors (Lipinski definition) is 5. The second-order valence-electron chi connectivity index (χ2n) is 8.95. The molecule has 0 radical (unpaired) electrons. The van der Waals surface area contributed by atoms with Crippen molar-refractivity contribution in [3.8, 4) is 5.75 Å². The van der Waals surface area contributed by atoms with Crippen molar-refractivity contribution in [3.63, 3.8) is 0 Å². The predicted octanol–water partition coefficient (Wildman–Crippen LogP) is 5.33. The fourth-order valence-corrected chi connectivity index (χ4v) is 3.68. The number of morpholine rings is 1. The molecule has 2 aromatic carbocycles. The predicted molar refractivity (Wildman–Crippen MR) is 123 cm³/mol. The minimum Gasteiger partial charge on any atom is -0.489 e. The summed E-state index contributed by atoms with van der Waals surface area (Å²) in [4.78, 5) is 14.2. The van der Waals surface area contributed by atoms with Crippen LogP contribution in [0.2, 0.25) is 5.02 Å². The van der Waals surface area contributed by atoms with Crippen LogP contribution in [-0.2, 0) is 20.9 Å². The lowest BCUT2D eigenvalue weighted by Crippen LogP contribution is -2.39. The maximum absolute atomic E-state index is 12.0. The summed E-state index contributed by atoms with van der Waals surface area (Å²) < 4.78 is 17.3. The van der Waals surface area contributed by atoms with Crippen LogP contribution in [0.1, 0.15) is 50.0 Å². The van der Waals surface area contributed by atoms with Crippen molar-refractivity contribution < 1.29 is 19.0 Å². The second-order valence-corrected chi connectivity index (χ2v) is 9.36. The van der Waals surface area contributed by atoms with Crippen LogP contribution >= 0.6 is 11.6 Å². The minimum absolute atomic E-state index is 0.0207. The summed E-state index contributed by atoms with van der Waals surface area (Å²) in [7, 11) is 0. The van der Waals surface area contributed by atoms with Gasteiger partial charge in [-0.05, 0) is 51.5 Å². The molecule has 1 heterocycles. The molecule has 1 aliphatic heterocycles. The van der Waals surface area contributed by atoms with Crippen LogP contribution in [0.15, 0.2) is 42.5 Å². The molecule has 1 fully saturated rings. The van der Waals surface area contributed by atoms with Gasteiger partial charge in [-0.15, -0.1) is 0 Å². The number of carbonyl (C=O) groups excluding carboxylic acids is 1. The average molecular weight is 446 g/mol. The standard InChI is InChI=1S/C25H32ClNO4/c1-18-5-10-22(26)20(15-18)17-30-21-8-6-19(7-9-21)23-16-27(13-14-29-23)12-11-24(28)31-25(2,3)4/h5-10,15,23H,11-14,16-17H2,1-4H3. The van der Waals surface area contributed by atoms with Crippen LogP contribution in [0.25, 0.3) is 0 Å². The Balaban J connectivity index is 1.50. The molecule has 1 atom stereocenters. The smallest absolute Gasteiger partial charge is 0.307 e. The highest BCUT2D eigenvalue weighted by molar-refractivity contribution is 6.31. The van der Waals surface area contributed by atoms with Crippen LogP contribution in [-0.4, -0.2) is 42.7 Å². The molecule has 1 unspecified atom stereocenters. The molecular weight excluding hydrogens is 414 g/mol. The highest BCUT2D eigenvalue weighted by Gasteiger charge is 2.23. The number of ether oxygens (including phenoxy) is 3. The average Bonchev–Trinajstić information content (AvgIpc) is 2.72. The Morgan fingerprint density at radius 3 is 2.65 bits per heavy atom. The molecule has 1 saturated heterocycles. The lowest BCUT2D eigenvalue weighted by molar-refractivity contribution is -0.155. The molecule has 0 N–H and O–H groups in total. The summed E-state index contributed by atoms with van der Waals surface area (Å²) in [6, 6.07) is 13.9. The molecule has 0 saturated carbocycles. The van der Waals surface area contributed by atoms with Gasteiger partial charge >= 0.3 is 5.97 Å². The van der Waals surface area contributed by atoms with Gasteiger partial charge in [-0.2, -0.15) is 0 Å². The Kier molecular flexibility index (Phi) is 7.98. The van der Waals surface area contributed by atoms with E-state index in [0.717, 1.165) is 35.5 Å². The van der Waals surface area contributed by atoms with E-state index in [2.05, 4.69) is 4.90 Å². The van der Waals surface area contributed by atoms with Gasteiger partial charge < -0.3 is 14.2 Å². The first-order chi connectivity index (χ1) is 14.7. The lowest BCUT2D eigenvalue weighted by atomic mass is 10.1. The van der Waals surface area contributed by atoms with Gasteiger partial charge in [0.2, 0.25) is 0 Å². The molecule has 3 rings (SSSR count). The maximum Gasteiger partial charge on any atom is 0.307 e. The number of nitrogens with zero attached hydrogens (tertiary/aromatic N) is 1. The van der Waals surface area contributed by atoms with Gasteiger partial charge in [0.25, 0.3) is 0 Å². The molecule has 5 nitrogen and oxygen atoms in total. The van der Waals surface area contributed by atoms with E-state index in [4.69, 9.17) is 25.8 Å². The Hall–Kier alpha value is -2.08. The fraction of sp³-hybridized carbons (Fsp3) is 0.480. The summed E-state index contributed by atoms with van der Waals surface area (Å²) in [5.74, 6) is 0.629. The van der Waals surface area contributed by atoms with Crippen molar-refractivity contribution in [2.75, 3.05) is 26.2 Å². The first-order valence-corrected chi connectivity index (χ1v) is 11.1. The normalized spacial score (nSPS) is 17.4. The maximum atomic E-state index is 12.0. The quantitative estimate of drug-likeness (QED) is 0.539. The van der Waals surface area contributed by atoms with E-state index in [1.807, 2.05) is 70.2 Å². The zero-order valence-electron chi connectivity index (χ0n) is 18.8. The molecule has 0 bridgehead atoms. The molecule has 6 heteroatoms. The topological polar surface area (TPSA) is 48.0 Å². The number of aryl methyl sites for hydroxylation is 1. The molecule has 31 heavy (non-hydrogen) atoms. The van der Waals surface area contributed by atoms with E-state index < -0.39 is 5.60 Å². The third-order valence-corrected chi connectivity index (χ3v) is 5.42. The summed E-state index contributed by atoms with van der Waals surface area (Å²) in [6.45, 7) is 11.0. The Morgan fingerprint density at radius 2 is 1.94 bits per heavy atom. The van der Waals surface area contributed by atoms with Crippen LogP contribution in [0.3, 0.4) is 0 Å². The van der Waals surface area contributed by atoms with E-state index >= 15 is 0 Å². The Morgan fingerprint density at radius 1 is 1.19 bits per heavy atom. The van der Waals surface area contributed by atoms with Gasteiger partial charge in [0.15, 0.2) is 0 Å². The highest BCUT2D eigenvalue weighted by atomic mass is 35.5. The molecule has 2 aromatic rings. The number of carbonyl (C=O) groups is 1. The number of hydrogen-bond donors (Lipinski definition) is 0. The molecule has 1 aliphatic rings. The van der Waals surface area contributed by atoms with Crippen molar-refractivity contribution in [2.24, 2.45) is 0 Å². The summed E-state index contributed by atoms with van der Waals surface area (Å²) in [5, 5.41) is 0.712. The molecule has 0 spiro atoms.